The average Bonchev–Trinajstić information content (AvgIpc) is 2.43. The first-order valence-electron chi connectivity index (χ1n) is 7.11. The Labute approximate surface area is 125 Å². The lowest BCUT2D eigenvalue weighted by atomic mass is 10.1. The minimum Gasteiger partial charge on any atom is -0.485 e. The first-order chi connectivity index (χ1) is 10.0. The van der Waals surface area contributed by atoms with Crippen molar-refractivity contribution in [3.8, 4) is 17.4 Å². The van der Waals surface area contributed by atoms with E-state index in [1.807, 2.05) is 52.0 Å². The third-order valence-corrected chi connectivity index (χ3v) is 3.05. The SMILES string of the molecule is Cc1cc(CN)cc(C)c1Oc1ncccc1OC(C)C. The predicted molar refractivity (Wildman–Crippen MR) is 83.9 cm³/mol. The number of nitrogens with two attached hydrogens (primary N) is 1. The summed E-state index contributed by atoms with van der Waals surface area (Å²) < 4.78 is 11.7. The molecule has 4 nitrogen and oxygen atoms in total. The molecule has 0 bridgehead atoms. The highest BCUT2D eigenvalue weighted by molar-refractivity contribution is 5.47. The lowest BCUT2D eigenvalue weighted by Gasteiger charge is -2.16. The highest BCUT2D eigenvalue weighted by Crippen LogP contribution is 2.34. The van der Waals surface area contributed by atoms with E-state index in [1.54, 1.807) is 6.20 Å². The summed E-state index contributed by atoms with van der Waals surface area (Å²) in [6, 6.07) is 7.77. The molecule has 0 spiro atoms. The fraction of sp³-hybridized carbons (Fsp3) is 0.353. The lowest BCUT2D eigenvalue weighted by Crippen LogP contribution is -2.07. The number of rotatable bonds is 5. The Morgan fingerprint density at radius 3 is 2.43 bits per heavy atom. The number of hydrogen-bond acceptors (Lipinski definition) is 4. The van der Waals surface area contributed by atoms with Gasteiger partial charge < -0.3 is 15.2 Å². The lowest BCUT2D eigenvalue weighted by molar-refractivity contribution is 0.231. The molecule has 2 rings (SSSR count). The van der Waals surface area contributed by atoms with E-state index >= 15 is 0 Å². The molecule has 1 aromatic carbocycles. The van der Waals surface area contributed by atoms with E-state index in [2.05, 4.69) is 4.98 Å². The Bertz CT molecular complexity index is 601. The van der Waals surface area contributed by atoms with Crippen molar-refractivity contribution in [2.45, 2.75) is 40.3 Å². The number of aryl methyl sites for hydroxylation is 2. The van der Waals surface area contributed by atoms with E-state index < -0.39 is 0 Å². The van der Waals surface area contributed by atoms with Gasteiger partial charge in [0, 0.05) is 12.7 Å². The summed E-state index contributed by atoms with van der Waals surface area (Å²) in [7, 11) is 0. The summed E-state index contributed by atoms with van der Waals surface area (Å²) in [4.78, 5) is 4.28. The Hall–Kier alpha value is -2.07. The second-order valence-electron chi connectivity index (χ2n) is 5.34. The standard InChI is InChI=1S/C17H22N2O2/c1-11(2)20-15-6-5-7-19-17(15)21-16-12(3)8-14(10-18)9-13(16)4/h5-9,11H,10,18H2,1-4H3. The monoisotopic (exact) mass is 286 g/mol. The summed E-state index contributed by atoms with van der Waals surface area (Å²) >= 11 is 0. The maximum absolute atomic E-state index is 5.99. The molecule has 0 saturated carbocycles. The molecule has 0 aliphatic heterocycles. The van der Waals surface area contributed by atoms with Gasteiger partial charge in [0.2, 0.25) is 0 Å². The van der Waals surface area contributed by atoms with Crippen molar-refractivity contribution in [3.63, 3.8) is 0 Å². The number of hydrogen-bond donors (Lipinski definition) is 1. The molecule has 0 atom stereocenters. The Morgan fingerprint density at radius 2 is 1.86 bits per heavy atom. The van der Waals surface area contributed by atoms with Gasteiger partial charge in [-0.05, 0) is 56.5 Å². The zero-order valence-corrected chi connectivity index (χ0v) is 13.0. The van der Waals surface area contributed by atoms with E-state index in [-0.39, 0.29) is 6.10 Å². The molecule has 21 heavy (non-hydrogen) atoms. The summed E-state index contributed by atoms with van der Waals surface area (Å²) in [6.07, 6.45) is 1.76. The van der Waals surface area contributed by atoms with Gasteiger partial charge in [-0.1, -0.05) is 12.1 Å². The number of pyridine rings is 1. The summed E-state index contributed by atoms with van der Waals surface area (Å²) in [5, 5.41) is 0. The second-order valence-corrected chi connectivity index (χ2v) is 5.34. The van der Waals surface area contributed by atoms with Crippen LogP contribution in [-0.2, 0) is 6.54 Å². The van der Waals surface area contributed by atoms with Gasteiger partial charge in [0.15, 0.2) is 5.75 Å². The van der Waals surface area contributed by atoms with Gasteiger partial charge in [-0.15, -0.1) is 0 Å². The molecular weight excluding hydrogens is 264 g/mol. The second kappa shape index (κ2) is 6.59. The number of nitrogens with zero attached hydrogens (tertiary/aromatic N) is 1. The van der Waals surface area contributed by atoms with Crippen molar-refractivity contribution in [2.75, 3.05) is 0 Å². The first kappa shape index (κ1) is 15.3. The topological polar surface area (TPSA) is 57.4 Å². The molecule has 0 fully saturated rings. The Morgan fingerprint density at radius 1 is 1.19 bits per heavy atom. The molecule has 0 aliphatic carbocycles. The van der Waals surface area contributed by atoms with Crippen LogP contribution in [0.4, 0.5) is 0 Å². The molecule has 2 N–H and O–H groups in total. The normalized spacial score (nSPS) is 10.8. The van der Waals surface area contributed by atoms with E-state index in [1.165, 1.54) is 0 Å². The van der Waals surface area contributed by atoms with Crippen LogP contribution in [0.25, 0.3) is 0 Å². The van der Waals surface area contributed by atoms with Gasteiger partial charge in [0.1, 0.15) is 5.75 Å². The van der Waals surface area contributed by atoms with Crippen LogP contribution in [-0.4, -0.2) is 11.1 Å². The van der Waals surface area contributed by atoms with Crippen LogP contribution >= 0.6 is 0 Å². The van der Waals surface area contributed by atoms with Crippen molar-refractivity contribution >= 4 is 0 Å². The van der Waals surface area contributed by atoms with Crippen molar-refractivity contribution in [1.82, 2.24) is 4.98 Å². The van der Waals surface area contributed by atoms with Gasteiger partial charge in [-0.25, -0.2) is 4.98 Å². The quantitative estimate of drug-likeness (QED) is 0.909. The molecule has 0 amide bonds. The number of aromatic nitrogens is 1. The molecule has 0 aliphatic rings. The van der Waals surface area contributed by atoms with Crippen molar-refractivity contribution < 1.29 is 9.47 Å². The first-order valence-corrected chi connectivity index (χ1v) is 7.11. The molecule has 0 unspecified atom stereocenters. The summed E-state index contributed by atoms with van der Waals surface area (Å²) in [6.45, 7) is 8.49. The third kappa shape index (κ3) is 3.73. The van der Waals surface area contributed by atoms with Gasteiger partial charge in [0.25, 0.3) is 5.88 Å². The van der Waals surface area contributed by atoms with Crippen LogP contribution in [0.15, 0.2) is 30.5 Å². The number of benzene rings is 1. The average molecular weight is 286 g/mol. The van der Waals surface area contributed by atoms with Crippen molar-refractivity contribution in [1.29, 1.82) is 0 Å². The van der Waals surface area contributed by atoms with E-state index in [4.69, 9.17) is 15.2 Å². The van der Waals surface area contributed by atoms with Gasteiger partial charge >= 0.3 is 0 Å². The van der Waals surface area contributed by atoms with Crippen molar-refractivity contribution in [3.05, 3.63) is 47.2 Å². The molecule has 2 aromatic rings. The molecular formula is C17H22N2O2. The summed E-state index contributed by atoms with van der Waals surface area (Å²) in [5.41, 5.74) is 8.87. The van der Waals surface area contributed by atoms with E-state index in [0.717, 1.165) is 22.4 Å². The minimum absolute atomic E-state index is 0.0679. The highest BCUT2D eigenvalue weighted by atomic mass is 16.5. The molecule has 1 aromatic heterocycles. The van der Waals surface area contributed by atoms with Crippen LogP contribution in [0.5, 0.6) is 17.4 Å². The molecule has 0 radical (unpaired) electrons. The van der Waals surface area contributed by atoms with Gasteiger partial charge in [0.05, 0.1) is 6.10 Å². The maximum Gasteiger partial charge on any atom is 0.262 e. The fourth-order valence-corrected chi connectivity index (χ4v) is 2.21. The Kier molecular flexibility index (Phi) is 4.81. The zero-order valence-electron chi connectivity index (χ0n) is 13.0. The van der Waals surface area contributed by atoms with Gasteiger partial charge in [-0.2, -0.15) is 0 Å². The predicted octanol–water partition coefficient (Wildman–Crippen LogP) is 3.74. The maximum atomic E-state index is 5.99. The third-order valence-electron chi connectivity index (χ3n) is 3.05. The highest BCUT2D eigenvalue weighted by Gasteiger charge is 2.13. The smallest absolute Gasteiger partial charge is 0.262 e. The van der Waals surface area contributed by atoms with Crippen LogP contribution < -0.4 is 15.2 Å². The molecule has 0 saturated heterocycles. The fourth-order valence-electron chi connectivity index (χ4n) is 2.21. The van der Waals surface area contributed by atoms with E-state index in [0.29, 0.717) is 18.2 Å². The van der Waals surface area contributed by atoms with Crippen LogP contribution in [0, 0.1) is 13.8 Å². The van der Waals surface area contributed by atoms with Gasteiger partial charge in [-0.3, -0.25) is 0 Å². The Balaban J connectivity index is 2.34. The largest absolute Gasteiger partial charge is 0.485 e. The zero-order chi connectivity index (χ0) is 15.4. The van der Waals surface area contributed by atoms with Crippen LogP contribution in [0.1, 0.15) is 30.5 Å². The van der Waals surface area contributed by atoms with E-state index in [9.17, 15) is 0 Å². The van der Waals surface area contributed by atoms with Crippen LogP contribution in [0.3, 0.4) is 0 Å². The van der Waals surface area contributed by atoms with Crippen LogP contribution in [0.2, 0.25) is 0 Å². The number of ether oxygens (including phenoxy) is 2. The molecule has 4 heteroatoms. The minimum atomic E-state index is 0.0679. The summed E-state index contributed by atoms with van der Waals surface area (Å²) in [5.74, 6) is 1.94. The molecule has 112 valence electrons. The molecule has 1 heterocycles. The van der Waals surface area contributed by atoms with Crippen molar-refractivity contribution in [2.24, 2.45) is 5.73 Å².